The van der Waals surface area contributed by atoms with Crippen LogP contribution in [-0.4, -0.2) is 47.6 Å². The van der Waals surface area contributed by atoms with Crippen LogP contribution >= 0.6 is 0 Å². The second-order valence-corrected chi connectivity index (χ2v) is 7.71. The van der Waals surface area contributed by atoms with Gasteiger partial charge in [-0.2, -0.15) is 0 Å². The molecule has 0 amide bonds. The Morgan fingerprint density at radius 2 is 1.85 bits per heavy atom. The van der Waals surface area contributed by atoms with Crippen LogP contribution in [0.2, 0.25) is 0 Å². The van der Waals surface area contributed by atoms with Crippen LogP contribution in [0.15, 0.2) is 59.5 Å². The van der Waals surface area contributed by atoms with E-state index < -0.39 is 0 Å². The Hall–Kier alpha value is -2.86. The fraction of sp³-hybridized carbons (Fsp3) is 0.333. The highest BCUT2D eigenvalue weighted by atomic mass is 16.5. The van der Waals surface area contributed by atoms with E-state index in [2.05, 4.69) is 26.9 Å². The van der Waals surface area contributed by atoms with Crippen LogP contribution in [0.25, 0.3) is 5.65 Å². The topological polar surface area (TPSA) is 50.1 Å². The van der Waals surface area contributed by atoms with Crippen molar-refractivity contribution in [3.8, 4) is 5.75 Å². The summed E-state index contributed by atoms with van der Waals surface area (Å²) in [5.74, 6) is 0.891. The third kappa shape index (κ3) is 2.86. The molecule has 2 aromatic heterocycles. The highest BCUT2D eigenvalue weighted by Gasteiger charge is 2.51. The zero-order chi connectivity index (χ0) is 18.4. The molecule has 0 aliphatic carbocycles. The smallest absolute Gasteiger partial charge is 0.258 e. The zero-order valence-corrected chi connectivity index (χ0v) is 15.3. The number of rotatable bonds is 4. The van der Waals surface area contributed by atoms with Gasteiger partial charge in [-0.15, -0.1) is 0 Å². The van der Waals surface area contributed by atoms with Gasteiger partial charge in [0.25, 0.3) is 5.56 Å². The molecule has 1 spiro atoms. The molecule has 0 unspecified atom stereocenters. The lowest BCUT2D eigenvalue weighted by molar-refractivity contribution is -0.0280. The molecule has 1 aromatic carbocycles. The van der Waals surface area contributed by atoms with E-state index in [4.69, 9.17) is 4.74 Å². The number of likely N-dealkylation sites (tertiary alicyclic amines) is 1. The van der Waals surface area contributed by atoms with Gasteiger partial charge in [-0.05, 0) is 36.4 Å². The Morgan fingerprint density at radius 3 is 2.59 bits per heavy atom. The monoisotopic (exact) mass is 362 g/mol. The molecule has 2 fully saturated rings. The van der Waals surface area contributed by atoms with Gasteiger partial charge in [0.2, 0.25) is 0 Å². The zero-order valence-electron chi connectivity index (χ0n) is 15.3. The predicted molar refractivity (Wildman–Crippen MR) is 104 cm³/mol. The SMILES string of the molecule is COc1ccc(N2CC3(CN(Cc4cc(=O)n5ccccc5n4)C3)C2)cc1. The van der Waals surface area contributed by atoms with Gasteiger partial charge in [0.1, 0.15) is 11.4 Å². The molecule has 0 radical (unpaired) electrons. The van der Waals surface area contributed by atoms with Gasteiger partial charge < -0.3 is 9.64 Å². The number of hydrogen-bond acceptors (Lipinski definition) is 5. The highest BCUT2D eigenvalue weighted by Crippen LogP contribution is 2.42. The van der Waals surface area contributed by atoms with Gasteiger partial charge in [0.05, 0.1) is 12.8 Å². The minimum absolute atomic E-state index is 0.0137. The first-order valence-corrected chi connectivity index (χ1v) is 9.23. The van der Waals surface area contributed by atoms with E-state index >= 15 is 0 Å². The van der Waals surface area contributed by atoms with Crippen molar-refractivity contribution < 1.29 is 4.74 Å². The van der Waals surface area contributed by atoms with E-state index in [0.29, 0.717) is 11.1 Å². The van der Waals surface area contributed by atoms with Gasteiger partial charge in [-0.3, -0.25) is 14.1 Å². The average Bonchev–Trinajstić information content (AvgIpc) is 2.63. The minimum atomic E-state index is -0.0137. The van der Waals surface area contributed by atoms with Gasteiger partial charge in [-0.25, -0.2) is 4.98 Å². The van der Waals surface area contributed by atoms with Crippen molar-refractivity contribution in [2.45, 2.75) is 6.54 Å². The van der Waals surface area contributed by atoms with Gasteiger partial charge in [-0.1, -0.05) is 6.07 Å². The second-order valence-electron chi connectivity index (χ2n) is 7.71. The van der Waals surface area contributed by atoms with Gasteiger partial charge in [0, 0.05) is 56.1 Å². The van der Waals surface area contributed by atoms with E-state index in [1.54, 1.807) is 23.8 Å². The van der Waals surface area contributed by atoms with Crippen molar-refractivity contribution in [1.82, 2.24) is 14.3 Å². The standard InChI is InChI=1S/C21H22N4O2/c1-27-18-7-5-17(6-8-18)24-14-21(15-24)12-23(13-21)11-16-10-20(26)25-9-3-2-4-19(25)22-16/h2-10H,11-15H2,1H3. The van der Waals surface area contributed by atoms with Crippen molar-refractivity contribution >= 4 is 11.3 Å². The third-order valence-corrected chi connectivity index (χ3v) is 5.62. The first kappa shape index (κ1) is 16.3. The lowest BCUT2D eigenvalue weighted by Gasteiger charge is -2.61. The summed E-state index contributed by atoms with van der Waals surface area (Å²) in [7, 11) is 1.69. The molecule has 0 N–H and O–H groups in total. The summed E-state index contributed by atoms with van der Waals surface area (Å²) in [5.41, 5.74) is 3.20. The fourth-order valence-electron chi connectivity index (χ4n) is 4.37. The van der Waals surface area contributed by atoms with Crippen LogP contribution in [0.4, 0.5) is 5.69 Å². The molecule has 2 aliphatic rings. The van der Waals surface area contributed by atoms with Gasteiger partial charge in [0.15, 0.2) is 0 Å². The summed E-state index contributed by atoms with van der Waals surface area (Å²) in [6.45, 7) is 5.04. The normalized spacial score (nSPS) is 18.3. The molecule has 138 valence electrons. The summed E-state index contributed by atoms with van der Waals surface area (Å²) >= 11 is 0. The lowest BCUT2D eigenvalue weighted by atomic mass is 9.72. The van der Waals surface area contributed by atoms with Crippen molar-refractivity contribution in [1.29, 1.82) is 0 Å². The van der Waals surface area contributed by atoms with Crippen LogP contribution in [-0.2, 0) is 6.54 Å². The van der Waals surface area contributed by atoms with Crippen LogP contribution < -0.4 is 15.2 Å². The molecule has 4 heterocycles. The molecule has 2 saturated heterocycles. The Labute approximate surface area is 157 Å². The molecular formula is C21H22N4O2. The molecule has 6 nitrogen and oxygen atoms in total. The largest absolute Gasteiger partial charge is 0.497 e. The second kappa shape index (κ2) is 6.09. The molecule has 0 saturated carbocycles. The average molecular weight is 362 g/mol. The van der Waals surface area contributed by atoms with Crippen LogP contribution in [0.5, 0.6) is 5.75 Å². The Morgan fingerprint density at radius 1 is 1.07 bits per heavy atom. The van der Waals surface area contributed by atoms with Crippen molar-refractivity contribution in [2.24, 2.45) is 5.41 Å². The number of benzene rings is 1. The highest BCUT2D eigenvalue weighted by molar-refractivity contribution is 5.52. The van der Waals surface area contributed by atoms with Crippen LogP contribution in [0, 0.1) is 5.41 Å². The summed E-state index contributed by atoms with van der Waals surface area (Å²) in [5, 5.41) is 0. The van der Waals surface area contributed by atoms with Crippen molar-refractivity contribution in [2.75, 3.05) is 38.2 Å². The quantitative estimate of drug-likeness (QED) is 0.711. The fourth-order valence-corrected chi connectivity index (χ4v) is 4.37. The summed E-state index contributed by atoms with van der Waals surface area (Å²) in [6, 6.07) is 15.5. The van der Waals surface area contributed by atoms with Crippen LogP contribution in [0.3, 0.4) is 0 Å². The van der Waals surface area contributed by atoms with Gasteiger partial charge >= 0.3 is 0 Å². The molecule has 27 heavy (non-hydrogen) atoms. The molecule has 0 atom stereocenters. The first-order chi connectivity index (χ1) is 13.1. The third-order valence-electron chi connectivity index (χ3n) is 5.62. The van der Waals surface area contributed by atoms with E-state index in [1.165, 1.54) is 5.69 Å². The number of pyridine rings is 1. The number of nitrogens with zero attached hydrogens (tertiary/aromatic N) is 4. The van der Waals surface area contributed by atoms with E-state index in [9.17, 15) is 4.79 Å². The van der Waals surface area contributed by atoms with E-state index in [1.807, 2.05) is 30.3 Å². The molecule has 5 rings (SSSR count). The maximum absolute atomic E-state index is 12.2. The van der Waals surface area contributed by atoms with Crippen molar-refractivity contribution in [3.05, 3.63) is 70.8 Å². The lowest BCUT2D eigenvalue weighted by Crippen LogP contribution is -2.72. The summed E-state index contributed by atoms with van der Waals surface area (Å²) < 4.78 is 6.81. The van der Waals surface area contributed by atoms with Crippen molar-refractivity contribution in [3.63, 3.8) is 0 Å². The Bertz CT molecular complexity index is 1030. The molecule has 6 heteroatoms. The number of fused-ring (bicyclic) bond motifs is 1. The van der Waals surface area contributed by atoms with E-state index in [-0.39, 0.29) is 5.56 Å². The number of ether oxygens (including phenoxy) is 1. The molecule has 0 bridgehead atoms. The maximum atomic E-state index is 12.2. The molecule has 2 aliphatic heterocycles. The number of aromatic nitrogens is 2. The van der Waals surface area contributed by atoms with Crippen LogP contribution in [0.1, 0.15) is 5.69 Å². The molecular weight excluding hydrogens is 340 g/mol. The predicted octanol–water partition coefficient (Wildman–Crippen LogP) is 2.03. The number of methoxy groups -OCH3 is 1. The first-order valence-electron chi connectivity index (χ1n) is 9.23. The number of anilines is 1. The Kier molecular flexibility index (Phi) is 3.68. The Balaban J connectivity index is 1.20. The summed E-state index contributed by atoms with van der Waals surface area (Å²) in [4.78, 5) is 21.6. The number of hydrogen-bond donors (Lipinski definition) is 0. The minimum Gasteiger partial charge on any atom is -0.497 e. The maximum Gasteiger partial charge on any atom is 0.258 e. The molecule has 3 aromatic rings. The summed E-state index contributed by atoms with van der Waals surface area (Å²) in [6.07, 6.45) is 1.76. The van der Waals surface area contributed by atoms with E-state index in [0.717, 1.165) is 44.2 Å².